The van der Waals surface area contributed by atoms with Gasteiger partial charge in [-0.1, -0.05) is 6.07 Å². The molecule has 0 spiro atoms. The van der Waals surface area contributed by atoms with E-state index in [9.17, 15) is 4.79 Å². The Balaban J connectivity index is 2.00. The van der Waals surface area contributed by atoms with Crippen molar-refractivity contribution in [3.8, 4) is 23.3 Å². The Labute approximate surface area is 153 Å². The van der Waals surface area contributed by atoms with Gasteiger partial charge in [-0.25, -0.2) is 0 Å². The summed E-state index contributed by atoms with van der Waals surface area (Å²) in [6, 6.07) is 13.9. The summed E-state index contributed by atoms with van der Waals surface area (Å²) < 4.78 is 16.1. The van der Waals surface area contributed by atoms with Crippen molar-refractivity contribution in [2.45, 2.75) is 26.0 Å². The SMILES string of the molecule is COc1ccc(C(C)NC(=O)C(C)Oc2ccc(C#N)cc2)cc1OC. The van der Waals surface area contributed by atoms with Crippen LogP contribution >= 0.6 is 0 Å². The number of carbonyl (C=O) groups is 1. The summed E-state index contributed by atoms with van der Waals surface area (Å²) in [5, 5.41) is 11.7. The highest BCUT2D eigenvalue weighted by Gasteiger charge is 2.18. The summed E-state index contributed by atoms with van der Waals surface area (Å²) in [5.74, 6) is 1.53. The van der Waals surface area contributed by atoms with Crippen LogP contribution in [0.15, 0.2) is 42.5 Å². The molecule has 2 rings (SSSR count). The zero-order chi connectivity index (χ0) is 19.1. The van der Waals surface area contributed by atoms with Gasteiger partial charge in [0.1, 0.15) is 5.75 Å². The number of nitrogens with one attached hydrogen (secondary N) is 1. The van der Waals surface area contributed by atoms with E-state index in [1.165, 1.54) is 0 Å². The van der Waals surface area contributed by atoms with Gasteiger partial charge in [0.25, 0.3) is 5.91 Å². The van der Waals surface area contributed by atoms with Crippen molar-refractivity contribution in [1.29, 1.82) is 5.26 Å². The number of methoxy groups -OCH3 is 2. The first kappa shape index (κ1) is 19.1. The zero-order valence-electron chi connectivity index (χ0n) is 15.3. The molecule has 1 N–H and O–H groups in total. The van der Waals surface area contributed by atoms with E-state index in [-0.39, 0.29) is 11.9 Å². The Kier molecular flexibility index (Phi) is 6.45. The minimum absolute atomic E-state index is 0.227. The van der Waals surface area contributed by atoms with Gasteiger partial charge in [0.2, 0.25) is 0 Å². The predicted molar refractivity (Wildman–Crippen MR) is 97.4 cm³/mol. The maximum atomic E-state index is 12.4. The van der Waals surface area contributed by atoms with Gasteiger partial charge in [0.05, 0.1) is 31.9 Å². The average molecular weight is 354 g/mol. The van der Waals surface area contributed by atoms with E-state index >= 15 is 0 Å². The van der Waals surface area contributed by atoms with Gasteiger partial charge in [-0.05, 0) is 55.8 Å². The van der Waals surface area contributed by atoms with Crippen molar-refractivity contribution in [3.63, 3.8) is 0 Å². The van der Waals surface area contributed by atoms with E-state index in [0.29, 0.717) is 22.8 Å². The third-order valence-electron chi connectivity index (χ3n) is 3.93. The molecule has 0 saturated carbocycles. The largest absolute Gasteiger partial charge is 0.493 e. The Bertz CT molecular complexity index is 796. The van der Waals surface area contributed by atoms with E-state index in [0.717, 1.165) is 5.56 Å². The van der Waals surface area contributed by atoms with Crippen LogP contribution in [-0.2, 0) is 4.79 Å². The summed E-state index contributed by atoms with van der Waals surface area (Å²) >= 11 is 0. The molecule has 136 valence electrons. The molecule has 0 aliphatic heterocycles. The van der Waals surface area contributed by atoms with Crippen LogP contribution in [0.5, 0.6) is 17.2 Å². The van der Waals surface area contributed by atoms with Crippen molar-refractivity contribution in [1.82, 2.24) is 5.32 Å². The van der Waals surface area contributed by atoms with Crippen molar-refractivity contribution < 1.29 is 19.0 Å². The van der Waals surface area contributed by atoms with E-state index < -0.39 is 6.10 Å². The summed E-state index contributed by atoms with van der Waals surface area (Å²) in [7, 11) is 3.14. The molecule has 6 nitrogen and oxygen atoms in total. The van der Waals surface area contributed by atoms with Crippen LogP contribution in [0.4, 0.5) is 0 Å². The fraction of sp³-hybridized carbons (Fsp3) is 0.300. The smallest absolute Gasteiger partial charge is 0.261 e. The predicted octanol–water partition coefficient (Wildman–Crippen LogP) is 3.22. The molecule has 6 heteroatoms. The van der Waals surface area contributed by atoms with Crippen molar-refractivity contribution in [3.05, 3.63) is 53.6 Å². The molecule has 2 aromatic rings. The van der Waals surface area contributed by atoms with E-state index in [2.05, 4.69) is 5.32 Å². The molecule has 0 bridgehead atoms. The average Bonchev–Trinajstić information content (AvgIpc) is 2.67. The van der Waals surface area contributed by atoms with Gasteiger partial charge in [0, 0.05) is 0 Å². The third kappa shape index (κ3) is 4.67. The van der Waals surface area contributed by atoms with Gasteiger partial charge in [-0.3, -0.25) is 4.79 Å². The van der Waals surface area contributed by atoms with Crippen molar-refractivity contribution >= 4 is 5.91 Å². The second-order valence-corrected chi connectivity index (χ2v) is 5.74. The molecule has 1 amide bonds. The maximum Gasteiger partial charge on any atom is 0.261 e. The van der Waals surface area contributed by atoms with E-state index in [4.69, 9.17) is 19.5 Å². The van der Waals surface area contributed by atoms with Crippen LogP contribution in [0.1, 0.15) is 31.0 Å². The van der Waals surface area contributed by atoms with Crippen LogP contribution in [-0.4, -0.2) is 26.2 Å². The number of rotatable bonds is 7. The van der Waals surface area contributed by atoms with Crippen LogP contribution in [0, 0.1) is 11.3 Å². The van der Waals surface area contributed by atoms with Crippen molar-refractivity contribution in [2.24, 2.45) is 0 Å². The van der Waals surface area contributed by atoms with Gasteiger partial charge < -0.3 is 19.5 Å². The fourth-order valence-corrected chi connectivity index (χ4v) is 2.40. The second kappa shape index (κ2) is 8.77. The molecule has 0 radical (unpaired) electrons. The Morgan fingerprint density at radius 1 is 1.04 bits per heavy atom. The maximum absolute atomic E-state index is 12.4. The standard InChI is InChI=1S/C20H22N2O4/c1-13(16-7-10-18(24-3)19(11-16)25-4)22-20(23)14(2)26-17-8-5-15(12-21)6-9-17/h5-11,13-14H,1-4H3,(H,22,23). The highest BCUT2D eigenvalue weighted by molar-refractivity contribution is 5.81. The van der Waals surface area contributed by atoms with E-state index in [1.54, 1.807) is 51.5 Å². The third-order valence-corrected chi connectivity index (χ3v) is 3.93. The summed E-state index contributed by atoms with van der Waals surface area (Å²) in [6.45, 7) is 3.56. The molecule has 26 heavy (non-hydrogen) atoms. The van der Waals surface area contributed by atoms with Crippen molar-refractivity contribution in [2.75, 3.05) is 14.2 Å². The summed E-state index contributed by atoms with van der Waals surface area (Å²) in [6.07, 6.45) is -0.675. The molecular formula is C20H22N2O4. The Morgan fingerprint density at radius 2 is 1.69 bits per heavy atom. The molecule has 0 aliphatic carbocycles. The summed E-state index contributed by atoms with van der Waals surface area (Å²) in [4.78, 5) is 12.4. The van der Waals surface area contributed by atoms with Crippen LogP contribution in [0.25, 0.3) is 0 Å². The highest BCUT2D eigenvalue weighted by atomic mass is 16.5. The molecule has 0 fully saturated rings. The number of nitrogens with zero attached hydrogens (tertiary/aromatic N) is 1. The topological polar surface area (TPSA) is 80.6 Å². The first-order valence-corrected chi connectivity index (χ1v) is 8.17. The minimum atomic E-state index is -0.675. The molecule has 0 aliphatic rings. The number of hydrogen-bond donors (Lipinski definition) is 1. The van der Waals surface area contributed by atoms with Gasteiger partial charge in [0.15, 0.2) is 17.6 Å². The molecular weight excluding hydrogens is 332 g/mol. The second-order valence-electron chi connectivity index (χ2n) is 5.74. The first-order chi connectivity index (χ1) is 12.5. The monoisotopic (exact) mass is 354 g/mol. The lowest BCUT2D eigenvalue weighted by molar-refractivity contribution is -0.127. The van der Waals surface area contributed by atoms with Crippen LogP contribution < -0.4 is 19.5 Å². The molecule has 2 aromatic carbocycles. The summed E-state index contributed by atoms with van der Waals surface area (Å²) in [5.41, 5.74) is 1.43. The number of ether oxygens (including phenoxy) is 3. The normalized spacial score (nSPS) is 12.4. The molecule has 0 saturated heterocycles. The number of benzene rings is 2. The lowest BCUT2D eigenvalue weighted by atomic mass is 10.1. The number of hydrogen-bond acceptors (Lipinski definition) is 5. The number of carbonyl (C=O) groups excluding carboxylic acids is 1. The minimum Gasteiger partial charge on any atom is -0.493 e. The fourth-order valence-electron chi connectivity index (χ4n) is 2.40. The van der Waals surface area contributed by atoms with E-state index in [1.807, 2.05) is 25.1 Å². The van der Waals surface area contributed by atoms with Crippen LogP contribution in [0.3, 0.4) is 0 Å². The number of amides is 1. The van der Waals surface area contributed by atoms with Gasteiger partial charge in [-0.15, -0.1) is 0 Å². The Hall–Kier alpha value is -3.20. The quantitative estimate of drug-likeness (QED) is 0.826. The first-order valence-electron chi connectivity index (χ1n) is 8.17. The molecule has 2 atom stereocenters. The van der Waals surface area contributed by atoms with Crippen LogP contribution in [0.2, 0.25) is 0 Å². The molecule has 2 unspecified atom stereocenters. The van der Waals surface area contributed by atoms with Gasteiger partial charge in [-0.2, -0.15) is 5.26 Å². The lowest BCUT2D eigenvalue weighted by Crippen LogP contribution is -2.37. The Morgan fingerprint density at radius 3 is 2.27 bits per heavy atom. The lowest BCUT2D eigenvalue weighted by Gasteiger charge is -2.20. The van der Waals surface area contributed by atoms with Gasteiger partial charge >= 0.3 is 0 Å². The molecule has 0 heterocycles. The number of nitriles is 1. The zero-order valence-corrected chi connectivity index (χ0v) is 15.3. The highest BCUT2D eigenvalue weighted by Crippen LogP contribution is 2.29. The molecule has 0 aromatic heterocycles.